The number of carbonyl (C=O) groups excluding carboxylic acids is 1. The lowest BCUT2D eigenvalue weighted by atomic mass is 9.65. The van der Waals surface area contributed by atoms with Gasteiger partial charge in [-0.1, -0.05) is 20.3 Å². The van der Waals surface area contributed by atoms with Crippen molar-refractivity contribution in [1.82, 2.24) is 4.90 Å². The number of carbonyl (C=O) groups is 1. The Morgan fingerprint density at radius 1 is 1.05 bits per heavy atom. The van der Waals surface area contributed by atoms with Crippen LogP contribution in [0.1, 0.15) is 58.8 Å². The number of likely N-dealkylation sites (tertiary alicyclic amines) is 1. The lowest BCUT2D eigenvalue weighted by Crippen LogP contribution is -2.50. The van der Waals surface area contributed by atoms with Gasteiger partial charge in [-0.2, -0.15) is 0 Å². The molecular formula is C18H33ClN2O. The van der Waals surface area contributed by atoms with E-state index in [4.69, 9.17) is 5.73 Å². The summed E-state index contributed by atoms with van der Waals surface area (Å²) in [4.78, 5) is 15.0. The number of rotatable bonds is 2. The molecular weight excluding hydrogens is 296 g/mol. The number of fused-ring (bicyclic) bond motifs is 2. The zero-order chi connectivity index (χ0) is 15.0. The van der Waals surface area contributed by atoms with Crippen molar-refractivity contribution in [3.63, 3.8) is 0 Å². The maximum absolute atomic E-state index is 12.9. The summed E-state index contributed by atoms with van der Waals surface area (Å²) in [6.45, 7) is 6.59. The van der Waals surface area contributed by atoms with Crippen molar-refractivity contribution in [3.05, 3.63) is 0 Å². The first-order valence-corrected chi connectivity index (χ1v) is 9.10. The van der Waals surface area contributed by atoms with Crippen molar-refractivity contribution in [3.8, 4) is 0 Å². The number of halogens is 1. The Hall–Kier alpha value is -0.280. The molecule has 3 nitrogen and oxygen atoms in total. The number of hydrogen-bond acceptors (Lipinski definition) is 2. The lowest BCUT2D eigenvalue weighted by Gasteiger charge is -2.45. The van der Waals surface area contributed by atoms with E-state index in [1.54, 1.807) is 0 Å². The third-order valence-corrected chi connectivity index (χ3v) is 6.56. The Kier molecular flexibility index (Phi) is 6.18. The van der Waals surface area contributed by atoms with Gasteiger partial charge in [-0.25, -0.2) is 0 Å². The van der Waals surface area contributed by atoms with E-state index >= 15 is 0 Å². The summed E-state index contributed by atoms with van der Waals surface area (Å²) in [7, 11) is 0. The van der Waals surface area contributed by atoms with Crippen LogP contribution >= 0.6 is 12.4 Å². The zero-order valence-electron chi connectivity index (χ0n) is 14.2. The molecule has 3 rings (SSSR count). The molecule has 1 aliphatic heterocycles. The standard InChI is InChI=1S/C18H32N2O.ClH/c1-12(2)13-6-8-20(9-7-13)18(21)16-10-14-4-3-5-15(11-16)17(14)19;/h12-17H,3-11,19H2,1-2H3;1H. The van der Waals surface area contributed by atoms with Crippen LogP contribution in [0.4, 0.5) is 0 Å². The van der Waals surface area contributed by atoms with Crippen molar-refractivity contribution in [1.29, 1.82) is 0 Å². The van der Waals surface area contributed by atoms with Gasteiger partial charge in [0.1, 0.15) is 0 Å². The highest BCUT2D eigenvalue weighted by atomic mass is 35.5. The molecule has 0 aromatic heterocycles. The van der Waals surface area contributed by atoms with Crippen LogP contribution in [0, 0.1) is 29.6 Å². The normalized spacial score (nSPS) is 36.1. The average Bonchev–Trinajstić information content (AvgIpc) is 2.46. The maximum Gasteiger partial charge on any atom is 0.225 e. The summed E-state index contributed by atoms with van der Waals surface area (Å²) < 4.78 is 0. The van der Waals surface area contributed by atoms with Gasteiger partial charge >= 0.3 is 0 Å². The van der Waals surface area contributed by atoms with E-state index < -0.39 is 0 Å². The molecule has 2 aliphatic carbocycles. The molecule has 2 saturated carbocycles. The monoisotopic (exact) mass is 328 g/mol. The third kappa shape index (κ3) is 3.62. The topological polar surface area (TPSA) is 46.3 Å². The third-order valence-electron chi connectivity index (χ3n) is 6.56. The van der Waals surface area contributed by atoms with Crippen LogP contribution in [0.3, 0.4) is 0 Å². The van der Waals surface area contributed by atoms with Gasteiger partial charge in [-0.15, -0.1) is 12.4 Å². The SMILES string of the molecule is CC(C)C1CCN(C(=O)C2CC3CCCC(C2)C3N)CC1.Cl. The Labute approximate surface area is 141 Å². The Morgan fingerprint density at radius 3 is 2.09 bits per heavy atom. The molecule has 128 valence electrons. The number of nitrogens with two attached hydrogens (primary N) is 1. The molecule has 1 heterocycles. The summed E-state index contributed by atoms with van der Waals surface area (Å²) in [6.07, 6.45) is 8.32. The van der Waals surface area contributed by atoms with Crippen LogP contribution in [0.2, 0.25) is 0 Å². The van der Waals surface area contributed by atoms with Gasteiger partial charge < -0.3 is 10.6 Å². The molecule has 2 atom stereocenters. The van der Waals surface area contributed by atoms with E-state index in [2.05, 4.69) is 18.7 Å². The van der Waals surface area contributed by atoms with Gasteiger partial charge in [-0.3, -0.25) is 4.79 Å². The van der Waals surface area contributed by atoms with E-state index in [0.717, 1.165) is 37.8 Å². The van der Waals surface area contributed by atoms with Gasteiger partial charge in [0.25, 0.3) is 0 Å². The highest BCUT2D eigenvalue weighted by molar-refractivity contribution is 5.85. The van der Waals surface area contributed by atoms with E-state index in [1.165, 1.54) is 32.1 Å². The largest absolute Gasteiger partial charge is 0.342 e. The fourth-order valence-corrected chi connectivity index (χ4v) is 5.04. The molecule has 0 aromatic rings. The van der Waals surface area contributed by atoms with Gasteiger partial charge in [0.2, 0.25) is 5.91 Å². The molecule has 1 saturated heterocycles. The number of nitrogens with zero attached hydrogens (tertiary/aromatic N) is 1. The fraction of sp³-hybridized carbons (Fsp3) is 0.944. The minimum absolute atomic E-state index is 0. The van der Waals surface area contributed by atoms with E-state index in [1.807, 2.05) is 0 Å². The van der Waals surface area contributed by atoms with E-state index in [9.17, 15) is 4.79 Å². The second kappa shape index (κ2) is 7.53. The number of hydrogen-bond donors (Lipinski definition) is 1. The van der Waals surface area contributed by atoms with Crippen LogP contribution in [-0.2, 0) is 4.79 Å². The van der Waals surface area contributed by atoms with Crippen molar-refractivity contribution in [2.24, 2.45) is 35.3 Å². The fourth-order valence-electron chi connectivity index (χ4n) is 5.04. The predicted octanol–water partition coefficient (Wildman–Crippen LogP) is 3.46. The van der Waals surface area contributed by atoms with Crippen LogP contribution in [-0.4, -0.2) is 29.9 Å². The minimum Gasteiger partial charge on any atom is -0.342 e. The minimum atomic E-state index is 0. The number of piperidine rings is 1. The van der Waals surface area contributed by atoms with Crippen molar-refractivity contribution >= 4 is 18.3 Å². The van der Waals surface area contributed by atoms with Gasteiger partial charge in [0, 0.05) is 25.0 Å². The summed E-state index contributed by atoms with van der Waals surface area (Å²) in [5, 5.41) is 0. The summed E-state index contributed by atoms with van der Waals surface area (Å²) >= 11 is 0. The Balaban J connectivity index is 0.00000176. The first-order chi connectivity index (χ1) is 10.1. The van der Waals surface area contributed by atoms with Crippen LogP contribution in [0.25, 0.3) is 0 Å². The van der Waals surface area contributed by atoms with E-state index in [0.29, 0.717) is 23.8 Å². The molecule has 4 heteroatoms. The molecule has 22 heavy (non-hydrogen) atoms. The maximum atomic E-state index is 12.9. The Morgan fingerprint density at radius 2 is 1.59 bits per heavy atom. The highest BCUT2D eigenvalue weighted by Gasteiger charge is 2.42. The molecule has 0 radical (unpaired) electrons. The smallest absolute Gasteiger partial charge is 0.225 e. The molecule has 2 unspecified atom stereocenters. The molecule has 3 aliphatic rings. The molecule has 2 N–H and O–H groups in total. The zero-order valence-corrected chi connectivity index (χ0v) is 15.0. The van der Waals surface area contributed by atoms with Crippen LogP contribution < -0.4 is 5.73 Å². The second-order valence-electron chi connectivity index (χ2n) is 8.10. The molecule has 3 fully saturated rings. The van der Waals surface area contributed by atoms with Crippen LogP contribution in [0.5, 0.6) is 0 Å². The molecule has 2 bridgehead atoms. The van der Waals surface area contributed by atoms with Crippen molar-refractivity contribution < 1.29 is 4.79 Å². The van der Waals surface area contributed by atoms with Gasteiger partial charge in [0.15, 0.2) is 0 Å². The lowest BCUT2D eigenvalue weighted by molar-refractivity contribution is -0.140. The average molecular weight is 329 g/mol. The summed E-state index contributed by atoms with van der Waals surface area (Å²) in [6, 6.07) is 0.370. The predicted molar refractivity (Wildman–Crippen MR) is 92.9 cm³/mol. The van der Waals surface area contributed by atoms with E-state index in [-0.39, 0.29) is 18.3 Å². The first kappa shape index (κ1) is 18.1. The van der Waals surface area contributed by atoms with Crippen LogP contribution in [0.15, 0.2) is 0 Å². The van der Waals surface area contributed by atoms with Crippen molar-refractivity contribution in [2.75, 3.05) is 13.1 Å². The second-order valence-corrected chi connectivity index (χ2v) is 8.10. The summed E-state index contributed by atoms with van der Waals surface area (Å²) in [5.74, 6) is 3.51. The quantitative estimate of drug-likeness (QED) is 0.843. The van der Waals surface area contributed by atoms with Crippen molar-refractivity contribution in [2.45, 2.75) is 64.8 Å². The summed E-state index contributed by atoms with van der Waals surface area (Å²) in [5.41, 5.74) is 6.35. The Bertz CT molecular complexity index is 365. The van der Waals surface area contributed by atoms with Gasteiger partial charge in [-0.05, 0) is 62.2 Å². The molecule has 0 spiro atoms. The molecule has 0 aromatic carbocycles. The molecule has 1 amide bonds. The highest BCUT2D eigenvalue weighted by Crippen LogP contribution is 2.42. The number of amides is 1. The van der Waals surface area contributed by atoms with Gasteiger partial charge in [0.05, 0.1) is 0 Å². The first-order valence-electron chi connectivity index (χ1n) is 9.10.